The van der Waals surface area contributed by atoms with E-state index in [0.29, 0.717) is 5.92 Å². The molecule has 1 aromatic heterocycles. The van der Waals surface area contributed by atoms with Gasteiger partial charge in [0.1, 0.15) is 5.75 Å². The molecule has 0 unspecified atom stereocenters. The van der Waals surface area contributed by atoms with Crippen molar-refractivity contribution in [1.82, 2.24) is 4.90 Å². The van der Waals surface area contributed by atoms with Crippen LogP contribution in [-0.2, 0) is 10.1 Å². The Balaban J connectivity index is 0.000000343. The number of piperidine rings is 1. The zero-order valence-electron chi connectivity index (χ0n) is 17.1. The summed E-state index contributed by atoms with van der Waals surface area (Å²) in [5.74, 6) is 1.78. The van der Waals surface area contributed by atoms with Crippen LogP contribution in [0.4, 0.5) is 13.2 Å². The first-order valence-electron chi connectivity index (χ1n) is 9.97. The first-order chi connectivity index (χ1) is 14.1. The average Bonchev–Trinajstić information content (AvgIpc) is 3.11. The number of alkyl halides is 3. The minimum absolute atomic E-state index is 0.702. The van der Waals surface area contributed by atoms with Crippen LogP contribution in [0, 0.1) is 0 Å². The molecule has 2 heterocycles. The van der Waals surface area contributed by atoms with Gasteiger partial charge in [-0.25, -0.2) is 0 Å². The fourth-order valence-electron chi connectivity index (χ4n) is 3.51. The van der Waals surface area contributed by atoms with Gasteiger partial charge in [0.25, 0.3) is 0 Å². The molecule has 1 fully saturated rings. The van der Waals surface area contributed by atoms with Crippen molar-refractivity contribution in [3.05, 3.63) is 29.1 Å². The predicted molar refractivity (Wildman–Crippen MR) is 114 cm³/mol. The van der Waals surface area contributed by atoms with E-state index in [1.807, 2.05) is 11.3 Å². The summed E-state index contributed by atoms with van der Waals surface area (Å²) in [6.45, 7) is 8.86. The molecule has 2 aromatic rings. The summed E-state index contributed by atoms with van der Waals surface area (Å²) in [7, 11) is -5.84. The van der Waals surface area contributed by atoms with Crippen molar-refractivity contribution in [3.8, 4) is 5.75 Å². The molecule has 1 aliphatic heterocycles. The van der Waals surface area contributed by atoms with Crippen LogP contribution in [-0.4, -0.2) is 49.6 Å². The van der Waals surface area contributed by atoms with Crippen LogP contribution >= 0.6 is 11.3 Å². The highest BCUT2D eigenvalue weighted by Gasteiger charge is 2.44. The third kappa shape index (κ3) is 6.57. The summed E-state index contributed by atoms with van der Waals surface area (Å²) in [6.07, 6.45) is 5.21. The summed E-state index contributed by atoms with van der Waals surface area (Å²) in [6, 6.07) is 6.46. The van der Waals surface area contributed by atoms with Gasteiger partial charge in [0.05, 0.1) is 6.61 Å². The van der Waals surface area contributed by atoms with Crippen molar-refractivity contribution in [3.63, 3.8) is 0 Å². The van der Waals surface area contributed by atoms with E-state index in [0.717, 1.165) is 12.4 Å². The number of halogens is 3. The zero-order chi connectivity index (χ0) is 22.4. The molecule has 1 saturated heterocycles. The SMILES string of the molecule is CCCCN1CCC(c2csc3cccc(OCC)c23)CC1.O=S(=O)(O)C(F)(F)F. The lowest BCUT2D eigenvalue weighted by Crippen LogP contribution is -2.33. The van der Waals surface area contributed by atoms with Gasteiger partial charge in [0.2, 0.25) is 0 Å². The number of fused-ring (bicyclic) bond motifs is 1. The van der Waals surface area contributed by atoms with Crippen LogP contribution in [0.15, 0.2) is 23.6 Å². The van der Waals surface area contributed by atoms with Crippen molar-refractivity contribution in [2.45, 2.75) is 51.0 Å². The fraction of sp³-hybridized carbons (Fsp3) is 0.600. The second-order valence-electron chi connectivity index (χ2n) is 7.14. The number of hydrogen-bond donors (Lipinski definition) is 1. The number of nitrogens with zero attached hydrogens (tertiary/aromatic N) is 1. The smallest absolute Gasteiger partial charge is 0.493 e. The molecule has 5 nitrogen and oxygen atoms in total. The third-order valence-electron chi connectivity index (χ3n) is 5.04. The van der Waals surface area contributed by atoms with Crippen molar-refractivity contribution < 1.29 is 30.9 Å². The summed E-state index contributed by atoms with van der Waals surface area (Å²) in [4.78, 5) is 2.64. The first-order valence-corrected chi connectivity index (χ1v) is 12.3. The van der Waals surface area contributed by atoms with Crippen LogP contribution < -0.4 is 4.74 Å². The van der Waals surface area contributed by atoms with E-state index < -0.39 is 15.6 Å². The lowest BCUT2D eigenvalue weighted by molar-refractivity contribution is -0.0510. The Morgan fingerprint density at radius 1 is 1.23 bits per heavy atom. The summed E-state index contributed by atoms with van der Waals surface area (Å²) < 4.78 is 64.8. The van der Waals surface area contributed by atoms with E-state index >= 15 is 0 Å². The average molecular weight is 468 g/mol. The van der Waals surface area contributed by atoms with Gasteiger partial charge in [-0.1, -0.05) is 19.4 Å². The van der Waals surface area contributed by atoms with Crippen molar-refractivity contribution >= 4 is 31.5 Å². The normalized spacial score (nSPS) is 16.3. The Bertz CT molecular complexity index is 904. The molecule has 10 heteroatoms. The van der Waals surface area contributed by atoms with Crippen LogP contribution in [0.25, 0.3) is 10.1 Å². The van der Waals surface area contributed by atoms with E-state index in [1.54, 1.807) is 0 Å². The molecule has 1 aliphatic rings. The maximum Gasteiger partial charge on any atom is 0.522 e. The first kappa shape index (κ1) is 24.9. The Hall–Kier alpha value is -1.36. The minimum Gasteiger partial charge on any atom is -0.493 e. The molecular weight excluding hydrogens is 439 g/mol. The van der Waals surface area contributed by atoms with Crippen molar-refractivity contribution in [2.75, 3.05) is 26.2 Å². The molecule has 30 heavy (non-hydrogen) atoms. The molecule has 3 rings (SSSR count). The zero-order valence-corrected chi connectivity index (χ0v) is 18.7. The molecule has 0 bridgehead atoms. The lowest BCUT2D eigenvalue weighted by Gasteiger charge is -2.32. The summed E-state index contributed by atoms with van der Waals surface area (Å²) in [5, 5.41) is 3.75. The van der Waals surface area contributed by atoms with E-state index in [1.165, 1.54) is 61.0 Å². The predicted octanol–water partition coefficient (Wildman–Crippen LogP) is 5.67. The van der Waals surface area contributed by atoms with E-state index in [-0.39, 0.29) is 0 Å². The van der Waals surface area contributed by atoms with Gasteiger partial charge in [-0.2, -0.15) is 21.6 Å². The quantitative estimate of drug-likeness (QED) is 0.438. The minimum atomic E-state index is -5.84. The number of unbranched alkanes of at least 4 members (excludes halogenated alkanes) is 1. The number of benzene rings is 1. The van der Waals surface area contributed by atoms with Crippen LogP contribution in [0.5, 0.6) is 5.75 Å². The monoisotopic (exact) mass is 467 g/mol. The fourth-order valence-corrected chi connectivity index (χ4v) is 4.56. The van der Waals surface area contributed by atoms with Gasteiger partial charge in [0, 0.05) is 10.1 Å². The molecule has 1 N–H and O–H groups in total. The second-order valence-corrected chi connectivity index (χ2v) is 9.47. The van der Waals surface area contributed by atoms with Gasteiger partial charge < -0.3 is 9.64 Å². The Morgan fingerprint density at radius 3 is 2.40 bits per heavy atom. The molecule has 170 valence electrons. The summed E-state index contributed by atoms with van der Waals surface area (Å²) in [5.41, 5.74) is -4.01. The topological polar surface area (TPSA) is 66.8 Å². The number of hydrogen-bond acceptors (Lipinski definition) is 5. The Morgan fingerprint density at radius 2 is 1.87 bits per heavy atom. The standard InChI is InChI=1S/C19H27NOS.CHF3O3S/c1-3-5-11-20-12-9-15(10-13-20)16-14-22-18-8-6-7-17(19(16)18)21-4-2;2-1(3,4)8(5,6)7/h6-8,14-15H,3-5,9-13H2,1-2H3;(H,5,6,7). The second kappa shape index (κ2) is 10.8. The van der Waals surface area contributed by atoms with Gasteiger partial charge in [-0.3, -0.25) is 4.55 Å². The number of rotatable bonds is 6. The highest BCUT2D eigenvalue weighted by atomic mass is 32.2. The Kier molecular flexibility index (Phi) is 8.96. The van der Waals surface area contributed by atoms with Gasteiger partial charge in [0.15, 0.2) is 0 Å². The highest BCUT2D eigenvalue weighted by molar-refractivity contribution is 7.86. The van der Waals surface area contributed by atoms with Crippen LogP contribution in [0.1, 0.15) is 51.0 Å². The molecule has 0 amide bonds. The highest BCUT2D eigenvalue weighted by Crippen LogP contribution is 2.41. The molecular formula is C20H28F3NO4S2. The molecule has 1 aromatic carbocycles. The lowest BCUT2D eigenvalue weighted by atomic mass is 9.89. The van der Waals surface area contributed by atoms with Gasteiger partial charge in [-0.05, 0) is 74.8 Å². The molecule has 0 saturated carbocycles. The Labute approximate surface area is 179 Å². The van der Waals surface area contributed by atoms with Crippen LogP contribution in [0.2, 0.25) is 0 Å². The molecule has 0 radical (unpaired) electrons. The van der Waals surface area contributed by atoms with Gasteiger partial charge in [-0.15, -0.1) is 11.3 Å². The molecule has 0 atom stereocenters. The number of likely N-dealkylation sites (tertiary alicyclic amines) is 1. The maximum absolute atomic E-state index is 10.7. The van der Waals surface area contributed by atoms with Crippen molar-refractivity contribution in [2.24, 2.45) is 0 Å². The molecule has 0 spiro atoms. The van der Waals surface area contributed by atoms with E-state index in [9.17, 15) is 13.2 Å². The summed E-state index contributed by atoms with van der Waals surface area (Å²) >= 11 is 1.87. The maximum atomic E-state index is 10.7. The van der Waals surface area contributed by atoms with E-state index in [2.05, 4.69) is 42.3 Å². The third-order valence-corrected chi connectivity index (χ3v) is 6.59. The largest absolute Gasteiger partial charge is 0.522 e. The number of ether oxygens (including phenoxy) is 1. The van der Waals surface area contributed by atoms with E-state index in [4.69, 9.17) is 17.7 Å². The van der Waals surface area contributed by atoms with Crippen molar-refractivity contribution in [1.29, 1.82) is 0 Å². The molecule has 0 aliphatic carbocycles. The van der Waals surface area contributed by atoms with Gasteiger partial charge >= 0.3 is 15.6 Å². The van der Waals surface area contributed by atoms with Crippen LogP contribution in [0.3, 0.4) is 0 Å². The number of thiophene rings is 1.